The van der Waals surface area contributed by atoms with Crippen LogP contribution in [-0.2, 0) is 0 Å². The van der Waals surface area contributed by atoms with Gasteiger partial charge in [0.05, 0.1) is 22.7 Å². The molecule has 0 unspecified atom stereocenters. The van der Waals surface area contributed by atoms with Crippen LogP contribution in [0.4, 0.5) is 5.69 Å². The van der Waals surface area contributed by atoms with Gasteiger partial charge in [-0.05, 0) is 41.5 Å². The first kappa shape index (κ1) is 19.5. The summed E-state index contributed by atoms with van der Waals surface area (Å²) in [6.45, 7) is 0. The van der Waals surface area contributed by atoms with E-state index in [-0.39, 0.29) is 10.7 Å². The lowest BCUT2D eigenvalue weighted by molar-refractivity contribution is 0.0697. The van der Waals surface area contributed by atoms with Crippen LogP contribution in [0.2, 0.25) is 0 Å². The van der Waals surface area contributed by atoms with Crippen LogP contribution in [0.25, 0.3) is 0 Å². The molecular formula is C23H16N4O2S. The third-order valence-electron chi connectivity index (χ3n) is 4.47. The zero-order valence-corrected chi connectivity index (χ0v) is 16.5. The number of azo groups is 1. The van der Waals surface area contributed by atoms with Gasteiger partial charge in [0.1, 0.15) is 0 Å². The molecule has 6 nitrogen and oxygen atoms in total. The monoisotopic (exact) mass is 412 g/mol. The van der Waals surface area contributed by atoms with Gasteiger partial charge in [-0.2, -0.15) is 10.2 Å². The van der Waals surface area contributed by atoms with Crippen molar-refractivity contribution in [3.05, 3.63) is 102 Å². The molecule has 3 aromatic carbocycles. The Morgan fingerprint density at radius 2 is 1.40 bits per heavy atom. The number of hydrogen-bond donors (Lipinski definition) is 1. The Hall–Kier alpha value is -3.84. The van der Waals surface area contributed by atoms with Crippen molar-refractivity contribution >= 4 is 40.4 Å². The van der Waals surface area contributed by atoms with Gasteiger partial charge in [0.25, 0.3) is 0 Å². The van der Waals surface area contributed by atoms with Gasteiger partial charge in [-0.3, -0.25) is 0 Å². The highest BCUT2D eigenvalue weighted by atomic mass is 32.1. The van der Waals surface area contributed by atoms with Gasteiger partial charge >= 0.3 is 5.97 Å². The van der Waals surface area contributed by atoms with E-state index in [4.69, 9.17) is 12.2 Å². The van der Waals surface area contributed by atoms with Gasteiger partial charge in [-0.15, -0.1) is 0 Å². The SMILES string of the molecule is O=C(O)c1cccc(N=NC2C(c3ccccc3)=NC(=S)N=C2c2ccccc2)c1. The van der Waals surface area contributed by atoms with E-state index in [1.807, 2.05) is 60.7 Å². The molecular weight excluding hydrogens is 396 g/mol. The molecule has 0 atom stereocenters. The first-order valence-electron chi connectivity index (χ1n) is 9.18. The van der Waals surface area contributed by atoms with E-state index in [1.54, 1.807) is 12.1 Å². The highest BCUT2D eigenvalue weighted by Gasteiger charge is 2.29. The van der Waals surface area contributed by atoms with Crippen LogP contribution in [0.15, 0.2) is 105 Å². The molecule has 0 fully saturated rings. The maximum atomic E-state index is 11.2. The third kappa shape index (κ3) is 4.26. The average molecular weight is 412 g/mol. The van der Waals surface area contributed by atoms with Gasteiger partial charge in [0.15, 0.2) is 6.04 Å². The van der Waals surface area contributed by atoms with Crippen LogP contribution in [0, 0.1) is 0 Å². The average Bonchev–Trinajstić information content (AvgIpc) is 2.79. The van der Waals surface area contributed by atoms with Gasteiger partial charge in [-0.25, -0.2) is 14.8 Å². The molecule has 0 aliphatic carbocycles. The molecule has 7 heteroatoms. The van der Waals surface area contributed by atoms with E-state index < -0.39 is 12.0 Å². The van der Waals surface area contributed by atoms with Crippen molar-refractivity contribution in [1.29, 1.82) is 0 Å². The van der Waals surface area contributed by atoms with Crippen LogP contribution in [0.1, 0.15) is 21.5 Å². The Morgan fingerprint density at radius 1 is 0.833 bits per heavy atom. The number of carboxylic acids is 1. The normalized spacial score (nSPS) is 14.5. The van der Waals surface area contributed by atoms with E-state index >= 15 is 0 Å². The molecule has 1 N–H and O–H groups in total. The molecule has 146 valence electrons. The summed E-state index contributed by atoms with van der Waals surface area (Å²) in [7, 11) is 0. The van der Waals surface area contributed by atoms with Crippen molar-refractivity contribution in [1.82, 2.24) is 0 Å². The molecule has 30 heavy (non-hydrogen) atoms. The van der Waals surface area contributed by atoms with E-state index in [9.17, 15) is 9.90 Å². The minimum Gasteiger partial charge on any atom is -0.478 e. The number of aromatic carboxylic acids is 1. The lowest BCUT2D eigenvalue weighted by Gasteiger charge is -2.21. The standard InChI is InChI=1S/C23H16N4O2S/c28-22(29)17-12-7-13-18(14-17)26-27-21-19(15-8-3-1-4-9-15)24-23(30)25-20(21)16-10-5-2-6-11-16/h1-14,21H,(H,28,29). The predicted octanol–water partition coefficient (Wildman–Crippen LogP) is 5.11. The van der Waals surface area contributed by atoms with Crippen molar-refractivity contribution < 1.29 is 9.90 Å². The molecule has 0 saturated heterocycles. The quantitative estimate of drug-likeness (QED) is 0.466. The van der Waals surface area contributed by atoms with E-state index in [1.165, 1.54) is 12.1 Å². The van der Waals surface area contributed by atoms with Gasteiger partial charge in [0, 0.05) is 0 Å². The third-order valence-corrected chi connectivity index (χ3v) is 4.65. The summed E-state index contributed by atoms with van der Waals surface area (Å²) >= 11 is 5.32. The van der Waals surface area contributed by atoms with Gasteiger partial charge in [-0.1, -0.05) is 66.7 Å². The first-order chi connectivity index (χ1) is 14.6. The van der Waals surface area contributed by atoms with Crippen molar-refractivity contribution in [2.24, 2.45) is 20.2 Å². The van der Waals surface area contributed by atoms with Crippen molar-refractivity contribution in [3.8, 4) is 0 Å². The van der Waals surface area contributed by atoms with E-state index in [0.29, 0.717) is 17.1 Å². The van der Waals surface area contributed by atoms with Crippen LogP contribution in [0.5, 0.6) is 0 Å². The summed E-state index contributed by atoms with van der Waals surface area (Å²) in [5.41, 5.74) is 3.60. The van der Waals surface area contributed by atoms with Crippen LogP contribution < -0.4 is 0 Å². The topological polar surface area (TPSA) is 86.7 Å². The smallest absolute Gasteiger partial charge is 0.335 e. The first-order valence-corrected chi connectivity index (χ1v) is 9.59. The summed E-state index contributed by atoms with van der Waals surface area (Å²) in [4.78, 5) is 20.2. The number of nitrogens with zero attached hydrogens (tertiary/aromatic N) is 4. The maximum Gasteiger partial charge on any atom is 0.335 e. The lowest BCUT2D eigenvalue weighted by atomic mass is 9.94. The summed E-state index contributed by atoms with van der Waals surface area (Å²) < 4.78 is 0. The summed E-state index contributed by atoms with van der Waals surface area (Å²) in [5.74, 6) is -1.02. The second-order valence-electron chi connectivity index (χ2n) is 6.48. The molecule has 1 heterocycles. The number of aliphatic imine (C=N–C) groups is 2. The van der Waals surface area contributed by atoms with Gasteiger partial charge < -0.3 is 5.11 Å². The fourth-order valence-corrected chi connectivity index (χ4v) is 3.28. The van der Waals surface area contributed by atoms with Crippen LogP contribution in [-0.4, -0.2) is 33.7 Å². The number of hydrogen-bond acceptors (Lipinski definition) is 4. The van der Waals surface area contributed by atoms with Crippen LogP contribution >= 0.6 is 12.2 Å². The predicted molar refractivity (Wildman–Crippen MR) is 120 cm³/mol. The zero-order chi connectivity index (χ0) is 20.9. The molecule has 1 aliphatic heterocycles. The number of thiocarbonyl (C=S) groups is 1. The van der Waals surface area contributed by atoms with Crippen molar-refractivity contribution in [2.45, 2.75) is 6.04 Å². The van der Waals surface area contributed by atoms with Crippen LogP contribution in [0.3, 0.4) is 0 Å². The number of rotatable bonds is 5. The summed E-state index contributed by atoms with van der Waals surface area (Å²) in [6, 6.07) is 25.0. The maximum absolute atomic E-state index is 11.2. The Balaban J connectivity index is 1.79. The Kier molecular flexibility index (Phi) is 5.63. The highest BCUT2D eigenvalue weighted by molar-refractivity contribution is 7.80. The minimum absolute atomic E-state index is 0.144. The summed E-state index contributed by atoms with van der Waals surface area (Å²) in [6.07, 6.45) is 0. The molecule has 4 rings (SSSR count). The Labute approximate surface area is 178 Å². The molecule has 0 saturated carbocycles. The van der Waals surface area contributed by atoms with E-state index in [0.717, 1.165) is 11.1 Å². The molecule has 0 bridgehead atoms. The second-order valence-corrected chi connectivity index (χ2v) is 6.85. The number of carboxylic acid groups (broad SMARTS) is 1. The summed E-state index contributed by atoms with van der Waals surface area (Å²) in [5, 5.41) is 18.3. The van der Waals surface area contributed by atoms with Crippen molar-refractivity contribution in [2.75, 3.05) is 0 Å². The fraction of sp³-hybridized carbons (Fsp3) is 0.0435. The molecule has 0 radical (unpaired) electrons. The second kappa shape index (κ2) is 8.67. The molecule has 3 aromatic rings. The number of carbonyl (C=O) groups is 1. The van der Waals surface area contributed by atoms with Gasteiger partial charge in [0.2, 0.25) is 5.11 Å². The molecule has 0 spiro atoms. The highest BCUT2D eigenvalue weighted by Crippen LogP contribution is 2.22. The Morgan fingerprint density at radius 3 is 1.93 bits per heavy atom. The van der Waals surface area contributed by atoms with E-state index in [2.05, 4.69) is 20.2 Å². The lowest BCUT2D eigenvalue weighted by Crippen LogP contribution is -2.34. The minimum atomic E-state index is -1.02. The fourth-order valence-electron chi connectivity index (χ4n) is 3.08. The van der Waals surface area contributed by atoms with Crippen molar-refractivity contribution in [3.63, 3.8) is 0 Å². The molecule has 1 aliphatic rings. The molecule has 0 aromatic heterocycles. The zero-order valence-electron chi connectivity index (χ0n) is 15.7. The largest absolute Gasteiger partial charge is 0.478 e. The Bertz CT molecular complexity index is 1130. The molecule has 0 amide bonds. The number of benzene rings is 3.